The third-order valence-corrected chi connectivity index (χ3v) is 30.1. The van der Waals surface area contributed by atoms with E-state index >= 15 is 0 Å². The SMILES string of the molecule is C.C.C.C.C.C.C.C.C.C.CCC(C)(C)C(=O)OC1OC(C)CC12CCCCC2.CCC(C)(C)C(=O)OC1OCC2C3CCC(C3)C12.CCC(C)(C)C(=O)OC1OCC2C3CCC(C3)C12C.CCC(C)(C)C(=O)OCOC1C2(C)CCC(C2)C1(C)C.CCC(C)(C)C(=O)OCOCC1(C)C2CC3CC(C2)CC1C3. The van der Waals surface area contributed by atoms with Gasteiger partial charge in [-0.25, -0.2) is 0 Å². The minimum absolute atomic E-state index is 0. The molecule has 108 heavy (non-hydrogen) atoms. The smallest absolute Gasteiger partial charge is 0.313 e. The molecule has 642 valence electrons. The van der Waals surface area contributed by atoms with Gasteiger partial charge in [0.25, 0.3) is 0 Å². The monoisotopic (exact) mass is 1540 g/mol. The summed E-state index contributed by atoms with van der Waals surface area (Å²) in [5.74, 6) is 8.56. The molecular weight excluding hydrogens is 1360 g/mol. The quantitative estimate of drug-likeness (QED) is 0.0486. The summed E-state index contributed by atoms with van der Waals surface area (Å²) in [4.78, 5) is 60.7. The second-order valence-electron chi connectivity index (χ2n) is 38.7. The molecular formula is C93H180O15. The summed E-state index contributed by atoms with van der Waals surface area (Å²) >= 11 is 0. The first-order chi connectivity index (χ1) is 45.8. The van der Waals surface area contributed by atoms with E-state index in [0.29, 0.717) is 29.1 Å². The third kappa shape index (κ3) is 22.2. The lowest BCUT2D eigenvalue weighted by atomic mass is 9.46. The summed E-state index contributed by atoms with van der Waals surface area (Å²) in [6.07, 6.45) is 29.4. The number of carbonyl (C=O) groups excluding carboxylic acids is 5. The predicted octanol–water partition coefficient (Wildman–Crippen LogP) is 25.3. The van der Waals surface area contributed by atoms with Gasteiger partial charge < -0.3 is 47.4 Å². The van der Waals surface area contributed by atoms with Crippen LogP contribution in [0.3, 0.4) is 0 Å². The molecule has 3 heterocycles. The van der Waals surface area contributed by atoms with Crippen LogP contribution in [0.2, 0.25) is 0 Å². The first-order valence-corrected chi connectivity index (χ1v) is 39.9. The van der Waals surface area contributed by atoms with E-state index in [1.54, 1.807) is 0 Å². The van der Waals surface area contributed by atoms with Crippen LogP contribution in [0.15, 0.2) is 0 Å². The largest absolute Gasteiger partial charge is 0.438 e. The van der Waals surface area contributed by atoms with Crippen LogP contribution in [0, 0.1) is 125 Å². The van der Waals surface area contributed by atoms with Gasteiger partial charge in [-0.3, -0.25) is 24.0 Å². The summed E-state index contributed by atoms with van der Waals surface area (Å²) in [5.41, 5.74) is -1.10. The van der Waals surface area contributed by atoms with Crippen LogP contribution in [0.4, 0.5) is 0 Å². The minimum atomic E-state index is -0.419. The van der Waals surface area contributed by atoms with E-state index in [1.807, 2.05) is 104 Å². The molecule has 11 saturated carbocycles. The molecule has 14 rings (SSSR count). The zero-order valence-corrected chi connectivity index (χ0v) is 65.7. The third-order valence-electron chi connectivity index (χ3n) is 30.1. The van der Waals surface area contributed by atoms with Gasteiger partial charge in [-0.15, -0.1) is 0 Å². The number of rotatable bonds is 20. The fourth-order valence-corrected chi connectivity index (χ4v) is 21.0. The molecule has 0 amide bonds. The molecule has 0 aromatic rings. The molecule has 15 atom stereocenters. The van der Waals surface area contributed by atoms with E-state index in [9.17, 15) is 24.0 Å². The first kappa shape index (κ1) is 107. The van der Waals surface area contributed by atoms with E-state index in [-0.39, 0.29) is 176 Å². The van der Waals surface area contributed by atoms with Gasteiger partial charge in [-0.05, 0) is 299 Å². The van der Waals surface area contributed by atoms with Crippen LogP contribution in [0.5, 0.6) is 0 Å². The maximum absolute atomic E-state index is 12.3. The number of ether oxygens (including phenoxy) is 10. The Labute approximate surface area is 667 Å². The van der Waals surface area contributed by atoms with Crippen LogP contribution < -0.4 is 0 Å². The molecule has 14 aliphatic rings. The highest BCUT2D eigenvalue weighted by Gasteiger charge is 2.65. The fourth-order valence-electron chi connectivity index (χ4n) is 21.0. The molecule has 1 spiro atoms. The standard InChI is InChI=1S/C19H32O3.C17H30O3.C16H26O3.C16H28O3.C15H24O3.10CH4/c1-5-18(2,3)17(20)22-12-21-11-19(4)15-7-13-6-14(9-15)10-16(19)8-13;1-7-15(2,3)14(18)20-11-19-13-16(4,5)12-8-9-17(13,6)10-12;1-5-15(2,3)13(17)19-14-16(4)11-7-6-10(8-11)12(16)9-18-14;1-5-15(3,4)13(17)19-14-16(11-12(2)18-14)9-7-6-8-10-16;1-4-15(2,3)14(16)18-13-12-10-6-5-9(7-10)11(12)8-17-13;;;;;;;;;;/h13-16H,5-12H2,1-4H3;12-13H,7-11H2,1-6H3;10-12,14H,5-9H2,1-4H3;12,14H,5-11H2,1-4H3;9-13H,4-8H2,1-3H3;10*1H4. The van der Waals surface area contributed by atoms with Crippen molar-refractivity contribution in [3.63, 3.8) is 0 Å². The van der Waals surface area contributed by atoms with Gasteiger partial charge >= 0.3 is 29.8 Å². The van der Waals surface area contributed by atoms with Crippen molar-refractivity contribution in [2.24, 2.45) is 125 Å². The Morgan fingerprint density at radius 1 is 0.444 bits per heavy atom. The lowest BCUT2D eigenvalue weighted by Gasteiger charge is -2.60. The molecule has 15 nitrogen and oxygen atoms in total. The highest BCUT2D eigenvalue weighted by atomic mass is 16.7. The summed E-state index contributed by atoms with van der Waals surface area (Å²) in [5, 5.41) is 0. The van der Waals surface area contributed by atoms with Crippen molar-refractivity contribution in [2.45, 2.75) is 411 Å². The van der Waals surface area contributed by atoms with Gasteiger partial charge in [-0.1, -0.05) is 163 Å². The van der Waals surface area contributed by atoms with E-state index < -0.39 is 21.7 Å². The molecule has 0 aromatic carbocycles. The van der Waals surface area contributed by atoms with Crippen molar-refractivity contribution in [1.82, 2.24) is 0 Å². The maximum atomic E-state index is 12.3. The van der Waals surface area contributed by atoms with Gasteiger partial charge in [0, 0.05) is 16.7 Å². The second kappa shape index (κ2) is 41.6. The Hall–Kier alpha value is -2.85. The predicted molar refractivity (Wildman–Crippen MR) is 447 cm³/mol. The summed E-state index contributed by atoms with van der Waals surface area (Å²) in [7, 11) is 0. The van der Waals surface area contributed by atoms with Crippen molar-refractivity contribution < 1.29 is 71.3 Å². The van der Waals surface area contributed by atoms with Crippen molar-refractivity contribution in [2.75, 3.05) is 33.4 Å². The van der Waals surface area contributed by atoms with Gasteiger partial charge in [0.15, 0.2) is 13.6 Å². The van der Waals surface area contributed by atoms with E-state index in [4.69, 9.17) is 47.4 Å². The van der Waals surface area contributed by atoms with Gasteiger partial charge in [0.2, 0.25) is 18.9 Å². The molecule has 10 bridgehead atoms. The Kier molecular flexibility index (Phi) is 41.3. The lowest BCUT2D eigenvalue weighted by molar-refractivity contribution is -0.204. The molecule has 3 aliphatic heterocycles. The van der Waals surface area contributed by atoms with Gasteiger partial charge in [0.1, 0.15) is 0 Å². The van der Waals surface area contributed by atoms with Gasteiger partial charge in [0.05, 0.1) is 59.1 Å². The van der Waals surface area contributed by atoms with Crippen molar-refractivity contribution >= 4 is 29.8 Å². The molecule has 3 saturated heterocycles. The average Bonchev–Trinajstić information content (AvgIpc) is 1.60. The molecule has 0 aromatic heterocycles. The van der Waals surface area contributed by atoms with Crippen LogP contribution in [0.1, 0.15) is 380 Å². The summed E-state index contributed by atoms with van der Waals surface area (Å²) in [6.45, 7) is 45.7. The second-order valence-corrected chi connectivity index (χ2v) is 38.7. The Balaban J connectivity index is 0. The van der Waals surface area contributed by atoms with Crippen LogP contribution in [0.25, 0.3) is 0 Å². The molecule has 0 N–H and O–H groups in total. The molecule has 0 radical (unpaired) electrons. The number of fused-ring (bicyclic) bond motifs is 12. The summed E-state index contributed by atoms with van der Waals surface area (Å²) < 4.78 is 57.3. The van der Waals surface area contributed by atoms with Crippen LogP contribution >= 0.6 is 0 Å². The molecule has 14 fully saturated rings. The average molecular weight is 1540 g/mol. The Morgan fingerprint density at radius 2 is 0.907 bits per heavy atom. The topological polar surface area (TPSA) is 178 Å². The van der Waals surface area contributed by atoms with Crippen LogP contribution in [-0.2, 0) is 71.3 Å². The minimum Gasteiger partial charge on any atom is -0.438 e. The molecule has 11 aliphatic carbocycles. The lowest BCUT2D eigenvalue weighted by Crippen LogP contribution is -2.53. The van der Waals surface area contributed by atoms with E-state index in [2.05, 4.69) is 41.5 Å². The zero-order valence-electron chi connectivity index (χ0n) is 65.7. The van der Waals surface area contributed by atoms with Crippen molar-refractivity contribution in [1.29, 1.82) is 0 Å². The number of hydrogen-bond acceptors (Lipinski definition) is 15. The fraction of sp³-hybridized carbons (Fsp3) is 0.946. The maximum Gasteiger partial charge on any atom is 0.313 e. The van der Waals surface area contributed by atoms with Crippen molar-refractivity contribution in [3.05, 3.63) is 0 Å². The number of hydrogen-bond donors (Lipinski definition) is 0. The Bertz CT molecular complexity index is 2660. The zero-order chi connectivity index (χ0) is 72.0. The first-order valence-electron chi connectivity index (χ1n) is 39.9. The van der Waals surface area contributed by atoms with Crippen LogP contribution in [-0.4, -0.2) is 94.3 Å². The van der Waals surface area contributed by atoms with Gasteiger partial charge in [-0.2, -0.15) is 0 Å². The summed E-state index contributed by atoms with van der Waals surface area (Å²) in [6, 6.07) is 0. The molecule has 15 unspecified atom stereocenters. The normalized spacial score (nSPS) is 34.9. The highest BCUT2D eigenvalue weighted by Crippen LogP contribution is 2.66. The van der Waals surface area contributed by atoms with E-state index in [0.717, 1.165) is 119 Å². The highest BCUT2D eigenvalue weighted by molar-refractivity contribution is 5.77. The number of carbonyl (C=O) groups is 5. The number of esters is 5. The Morgan fingerprint density at radius 3 is 1.40 bits per heavy atom. The van der Waals surface area contributed by atoms with E-state index in [1.165, 1.54) is 109 Å². The van der Waals surface area contributed by atoms with Crippen molar-refractivity contribution in [3.8, 4) is 0 Å². The molecule has 15 heteroatoms.